The van der Waals surface area contributed by atoms with E-state index in [1.165, 1.54) is 0 Å². The molecule has 4 heteroatoms. The Balaban J connectivity index is 2.57. The van der Waals surface area contributed by atoms with Gasteiger partial charge in [-0.15, -0.1) is 0 Å². The molecule has 96 valence electrons. The number of amides is 1. The zero-order chi connectivity index (χ0) is 13.0. The molecule has 0 radical (unpaired) electrons. The first-order valence-corrected chi connectivity index (χ1v) is 6.86. The van der Waals surface area contributed by atoms with E-state index in [9.17, 15) is 4.79 Å². The highest BCUT2D eigenvalue weighted by molar-refractivity contribution is 9.10. The number of rotatable bonds is 5. The first-order valence-electron chi connectivity index (χ1n) is 6.06. The summed E-state index contributed by atoms with van der Waals surface area (Å²) in [5.74, 6) is 0.638. The Morgan fingerprint density at radius 3 is 2.65 bits per heavy atom. The second kappa shape index (κ2) is 6.24. The number of halogens is 1. The van der Waals surface area contributed by atoms with E-state index in [1.54, 1.807) is 0 Å². The van der Waals surface area contributed by atoms with Crippen LogP contribution in [-0.4, -0.2) is 16.5 Å². The average Bonchev–Trinajstić information content (AvgIpc) is 2.57. The molecule has 1 amide bonds. The fourth-order valence-corrected chi connectivity index (χ4v) is 2.40. The SMILES string of the molecule is CCC(C)CC(C)NC(=O)c1cc(Br)cn1C. The molecule has 0 aliphatic carbocycles. The summed E-state index contributed by atoms with van der Waals surface area (Å²) in [4.78, 5) is 12.0. The molecule has 0 fully saturated rings. The van der Waals surface area contributed by atoms with Gasteiger partial charge in [0, 0.05) is 23.8 Å². The number of hydrogen-bond acceptors (Lipinski definition) is 1. The second-order valence-electron chi connectivity index (χ2n) is 4.78. The molecule has 1 rings (SSSR count). The predicted molar refractivity (Wildman–Crippen MR) is 74.1 cm³/mol. The molecule has 2 atom stereocenters. The molecule has 0 aliphatic heterocycles. The largest absolute Gasteiger partial charge is 0.348 e. The Kier molecular flexibility index (Phi) is 5.25. The number of carbonyl (C=O) groups excluding carboxylic acids is 1. The van der Waals surface area contributed by atoms with Crippen LogP contribution >= 0.6 is 15.9 Å². The van der Waals surface area contributed by atoms with Crippen molar-refractivity contribution in [1.82, 2.24) is 9.88 Å². The second-order valence-corrected chi connectivity index (χ2v) is 5.69. The van der Waals surface area contributed by atoms with Gasteiger partial charge in [-0.1, -0.05) is 20.3 Å². The van der Waals surface area contributed by atoms with Gasteiger partial charge in [0.2, 0.25) is 0 Å². The molecule has 0 saturated heterocycles. The number of nitrogens with one attached hydrogen (secondary N) is 1. The summed E-state index contributed by atoms with van der Waals surface area (Å²) < 4.78 is 2.76. The molecular weight excluding hydrogens is 280 g/mol. The van der Waals surface area contributed by atoms with E-state index in [2.05, 4.69) is 42.0 Å². The third-order valence-corrected chi connectivity index (χ3v) is 3.47. The quantitative estimate of drug-likeness (QED) is 0.889. The van der Waals surface area contributed by atoms with Crippen LogP contribution in [0.15, 0.2) is 16.7 Å². The zero-order valence-corrected chi connectivity index (χ0v) is 12.5. The van der Waals surface area contributed by atoms with E-state index < -0.39 is 0 Å². The molecule has 0 saturated carbocycles. The van der Waals surface area contributed by atoms with Gasteiger partial charge in [-0.3, -0.25) is 4.79 Å². The van der Waals surface area contributed by atoms with Crippen molar-refractivity contribution in [3.63, 3.8) is 0 Å². The molecule has 0 bridgehead atoms. The fourth-order valence-electron chi connectivity index (χ4n) is 1.88. The highest BCUT2D eigenvalue weighted by atomic mass is 79.9. The van der Waals surface area contributed by atoms with E-state index in [1.807, 2.05) is 23.9 Å². The zero-order valence-electron chi connectivity index (χ0n) is 11.0. The van der Waals surface area contributed by atoms with Gasteiger partial charge < -0.3 is 9.88 Å². The van der Waals surface area contributed by atoms with E-state index in [0.717, 1.165) is 17.3 Å². The molecule has 1 heterocycles. The minimum atomic E-state index is -0.00555. The lowest BCUT2D eigenvalue weighted by molar-refractivity contribution is 0.0927. The summed E-state index contributed by atoms with van der Waals surface area (Å²) in [6.07, 6.45) is 4.05. The van der Waals surface area contributed by atoms with Crippen LogP contribution < -0.4 is 5.32 Å². The van der Waals surface area contributed by atoms with Gasteiger partial charge >= 0.3 is 0 Å². The van der Waals surface area contributed by atoms with Crippen molar-refractivity contribution in [2.24, 2.45) is 13.0 Å². The number of carbonyl (C=O) groups is 1. The van der Waals surface area contributed by atoms with Crippen LogP contribution in [0.25, 0.3) is 0 Å². The number of hydrogen-bond donors (Lipinski definition) is 1. The van der Waals surface area contributed by atoms with Crippen LogP contribution in [0.1, 0.15) is 44.1 Å². The van der Waals surface area contributed by atoms with Crippen molar-refractivity contribution >= 4 is 21.8 Å². The van der Waals surface area contributed by atoms with Gasteiger partial charge in [0.15, 0.2) is 0 Å². The smallest absolute Gasteiger partial charge is 0.268 e. The molecular formula is C13H21BrN2O. The predicted octanol–water partition coefficient (Wildman–Crippen LogP) is 3.34. The van der Waals surface area contributed by atoms with Gasteiger partial charge in [-0.2, -0.15) is 0 Å². The van der Waals surface area contributed by atoms with Crippen molar-refractivity contribution in [3.8, 4) is 0 Å². The topological polar surface area (TPSA) is 34.0 Å². The van der Waals surface area contributed by atoms with E-state index in [-0.39, 0.29) is 11.9 Å². The number of nitrogens with zero attached hydrogens (tertiary/aromatic N) is 1. The molecule has 0 aromatic carbocycles. The summed E-state index contributed by atoms with van der Waals surface area (Å²) in [6, 6.07) is 2.05. The Morgan fingerprint density at radius 2 is 2.18 bits per heavy atom. The maximum absolute atomic E-state index is 12.0. The lowest BCUT2D eigenvalue weighted by atomic mass is 10.0. The van der Waals surface area contributed by atoms with Gasteiger partial charge in [-0.05, 0) is 41.3 Å². The van der Waals surface area contributed by atoms with Crippen LogP contribution in [-0.2, 0) is 7.05 Å². The third-order valence-electron chi connectivity index (χ3n) is 3.03. The number of aryl methyl sites for hydroxylation is 1. The van der Waals surface area contributed by atoms with Gasteiger partial charge in [0.05, 0.1) is 0 Å². The Labute approximate surface area is 112 Å². The van der Waals surface area contributed by atoms with Crippen molar-refractivity contribution in [2.45, 2.75) is 39.7 Å². The molecule has 0 aliphatic rings. The molecule has 1 aromatic rings. The van der Waals surface area contributed by atoms with Crippen LogP contribution in [0.2, 0.25) is 0 Å². The Morgan fingerprint density at radius 1 is 1.53 bits per heavy atom. The number of aromatic nitrogens is 1. The maximum atomic E-state index is 12.0. The van der Waals surface area contributed by atoms with Gasteiger partial charge in [0.1, 0.15) is 5.69 Å². The normalized spacial score (nSPS) is 14.4. The van der Waals surface area contributed by atoms with Crippen molar-refractivity contribution < 1.29 is 4.79 Å². The van der Waals surface area contributed by atoms with Crippen LogP contribution in [0.4, 0.5) is 0 Å². The minimum absolute atomic E-state index is 0.00555. The molecule has 1 N–H and O–H groups in total. The molecule has 0 spiro atoms. The Bertz CT molecular complexity index is 387. The first kappa shape index (κ1) is 14.3. The summed E-state index contributed by atoms with van der Waals surface area (Å²) in [5.41, 5.74) is 0.688. The molecule has 1 aromatic heterocycles. The Hall–Kier alpha value is -0.770. The molecule has 2 unspecified atom stereocenters. The first-order chi connectivity index (χ1) is 7.93. The maximum Gasteiger partial charge on any atom is 0.268 e. The van der Waals surface area contributed by atoms with Crippen LogP contribution in [0.5, 0.6) is 0 Å². The van der Waals surface area contributed by atoms with E-state index in [0.29, 0.717) is 11.6 Å². The monoisotopic (exact) mass is 300 g/mol. The highest BCUT2D eigenvalue weighted by Gasteiger charge is 2.14. The van der Waals surface area contributed by atoms with E-state index in [4.69, 9.17) is 0 Å². The highest BCUT2D eigenvalue weighted by Crippen LogP contribution is 2.14. The molecule has 17 heavy (non-hydrogen) atoms. The van der Waals surface area contributed by atoms with E-state index >= 15 is 0 Å². The standard InChI is InChI=1S/C13H21BrN2O/c1-5-9(2)6-10(3)15-13(17)12-7-11(14)8-16(12)4/h7-10H,5-6H2,1-4H3,(H,15,17). The van der Waals surface area contributed by atoms with Gasteiger partial charge in [0.25, 0.3) is 5.91 Å². The summed E-state index contributed by atoms with van der Waals surface area (Å²) in [6.45, 7) is 6.44. The molecule has 3 nitrogen and oxygen atoms in total. The average molecular weight is 301 g/mol. The van der Waals surface area contributed by atoms with Crippen LogP contribution in [0, 0.1) is 5.92 Å². The van der Waals surface area contributed by atoms with Crippen LogP contribution in [0.3, 0.4) is 0 Å². The minimum Gasteiger partial charge on any atom is -0.348 e. The van der Waals surface area contributed by atoms with Crippen molar-refractivity contribution in [3.05, 3.63) is 22.4 Å². The fraction of sp³-hybridized carbons (Fsp3) is 0.615. The van der Waals surface area contributed by atoms with Crippen molar-refractivity contribution in [2.75, 3.05) is 0 Å². The summed E-state index contributed by atoms with van der Waals surface area (Å²) >= 11 is 3.37. The summed E-state index contributed by atoms with van der Waals surface area (Å²) in [7, 11) is 1.87. The summed E-state index contributed by atoms with van der Waals surface area (Å²) in [5, 5.41) is 3.03. The third kappa shape index (κ3) is 4.19. The lowest BCUT2D eigenvalue weighted by Crippen LogP contribution is -2.34. The van der Waals surface area contributed by atoms with Gasteiger partial charge in [-0.25, -0.2) is 0 Å². The lowest BCUT2D eigenvalue weighted by Gasteiger charge is -2.17. The van der Waals surface area contributed by atoms with Crippen molar-refractivity contribution in [1.29, 1.82) is 0 Å².